The average molecular weight is 238 g/mol. The minimum absolute atomic E-state index is 0.0893. The van der Waals surface area contributed by atoms with Crippen molar-refractivity contribution in [2.75, 3.05) is 26.4 Å². The molecule has 0 spiro atoms. The van der Waals surface area contributed by atoms with Gasteiger partial charge in [-0.1, -0.05) is 0 Å². The topological polar surface area (TPSA) is 45.6 Å². The van der Waals surface area contributed by atoms with Gasteiger partial charge in [0, 0.05) is 31.5 Å². The van der Waals surface area contributed by atoms with Crippen LogP contribution in [0.3, 0.4) is 0 Å². The number of ether oxygens (including phenoxy) is 1. The summed E-state index contributed by atoms with van der Waals surface area (Å²) in [7, 11) is 0. The van der Waals surface area contributed by atoms with Crippen LogP contribution in [0.4, 0.5) is 0 Å². The van der Waals surface area contributed by atoms with Crippen molar-refractivity contribution < 1.29 is 9.84 Å². The zero-order valence-electron chi connectivity index (χ0n) is 10.7. The van der Waals surface area contributed by atoms with E-state index in [1.165, 1.54) is 5.56 Å². The monoisotopic (exact) mass is 238 g/mol. The second-order valence-corrected chi connectivity index (χ2v) is 4.26. The maximum atomic E-state index is 8.63. The smallest absolute Gasteiger partial charge is 0.0698 e. The number of rotatable bonds is 8. The molecule has 1 heterocycles. The second kappa shape index (κ2) is 8.17. The van der Waals surface area contributed by atoms with Crippen LogP contribution in [0.5, 0.6) is 0 Å². The Labute approximate surface area is 103 Å². The normalized spacial score (nSPS) is 11.4. The zero-order valence-corrected chi connectivity index (χ0v) is 10.7. The Morgan fingerprint density at radius 2 is 2.00 bits per heavy atom. The summed E-state index contributed by atoms with van der Waals surface area (Å²) in [5, 5.41) is 8.63. The summed E-state index contributed by atoms with van der Waals surface area (Å²) in [5.41, 5.74) is 1.26. The molecule has 4 heteroatoms. The van der Waals surface area contributed by atoms with E-state index in [-0.39, 0.29) is 6.61 Å². The van der Waals surface area contributed by atoms with Gasteiger partial charge in [-0.3, -0.25) is 9.88 Å². The highest BCUT2D eigenvalue weighted by molar-refractivity contribution is 5.09. The van der Waals surface area contributed by atoms with Gasteiger partial charge in [0.1, 0.15) is 0 Å². The SMILES string of the molecule is CC(C)N(CCOCCO)Cc1ccncc1. The largest absolute Gasteiger partial charge is 0.394 e. The van der Waals surface area contributed by atoms with E-state index >= 15 is 0 Å². The molecule has 1 N–H and O–H groups in total. The van der Waals surface area contributed by atoms with E-state index in [4.69, 9.17) is 9.84 Å². The molecule has 0 aromatic carbocycles. The summed E-state index contributed by atoms with van der Waals surface area (Å²) in [5.74, 6) is 0. The Bertz CT molecular complexity index is 291. The van der Waals surface area contributed by atoms with Crippen molar-refractivity contribution in [1.82, 2.24) is 9.88 Å². The third kappa shape index (κ3) is 5.77. The molecule has 0 aliphatic heterocycles. The molecule has 0 radical (unpaired) electrons. The standard InChI is InChI=1S/C13H22N2O2/c1-12(2)15(7-9-17-10-8-16)11-13-3-5-14-6-4-13/h3-6,12,16H,7-11H2,1-2H3. The molecule has 0 saturated heterocycles. The first-order valence-electron chi connectivity index (χ1n) is 6.05. The lowest BCUT2D eigenvalue weighted by Crippen LogP contribution is -2.33. The Kier molecular flexibility index (Phi) is 6.77. The van der Waals surface area contributed by atoms with Gasteiger partial charge in [0.2, 0.25) is 0 Å². The van der Waals surface area contributed by atoms with Gasteiger partial charge in [-0.05, 0) is 31.5 Å². The molecule has 17 heavy (non-hydrogen) atoms. The molecule has 0 fully saturated rings. The first-order valence-corrected chi connectivity index (χ1v) is 6.05. The molecule has 0 aliphatic rings. The number of aliphatic hydroxyl groups excluding tert-OH is 1. The number of aromatic nitrogens is 1. The van der Waals surface area contributed by atoms with Gasteiger partial charge in [0.25, 0.3) is 0 Å². The molecular formula is C13H22N2O2. The summed E-state index contributed by atoms with van der Waals surface area (Å²) in [6.07, 6.45) is 3.63. The van der Waals surface area contributed by atoms with E-state index < -0.39 is 0 Å². The van der Waals surface area contributed by atoms with Crippen LogP contribution in [-0.2, 0) is 11.3 Å². The molecule has 1 aromatic rings. The van der Waals surface area contributed by atoms with Gasteiger partial charge < -0.3 is 9.84 Å². The van der Waals surface area contributed by atoms with Crippen molar-refractivity contribution in [1.29, 1.82) is 0 Å². The average Bonchev–Trinajstić information content (AvgIpc) is 2.34. The fraction of sp³-hybridized carbons (Fsp3) is 0.615. The molecule has 0 amide bonds. The van der Waals surface area contributed by atoms with Crippen molar-refractivity contribution in [3.05, 3.63) is 30.1 Å². The molecular weight excluding hydrogens is 216 g/mol. The third-order valence-corrected chi connectivity index (χ3v) is 2.62. The summed E-state index contributed by atoms with van der Waals surface area (Å²) in [4.78, 5) is 6.35. The minimum atomic E-state index is 0.0893. The summed E-state index contributed by atoms with van der Waals surface area (Å²) in [6, 6.07) is 4.54. The fourth-order valence-corrected chi connectivity index (χ4v) is 1.59. The summed E-state index contributed by atoms with van der Waals surface area (Å²) < 4.78 is 5.30. The highest BCUT2D eigenvalue weighted by Gasteiger charge is 2.09. The molecule has 1 aromatic heterocycles. The number of aliphatic hydroxyl groups is 1. The van der Waals surface area contributed by atoms with Crippen LogP contribution in [-0.4, -0.2) is 47.4 Å². The van der Waals surface area contributed by atoms with Crippen LogP contribution in [0.15, 0.2) is 24.5 Å². The van der Waals surface area contributed by atoms with Crippen molar-refractivity contribution >= 4 is 0 Å². The number of hydrogen-bond donors (Lipinski definition) is 1. The van der Waals surface area contributed by atoms with Crippen molar-refractivity contribution in [2.45, 2.75) is 26.4 Å². The molecule has 96 valence electrons. The van der Waals surface area contributed by atoms with E-state index in [0.29, 0.717) is 19.3 Å². The predicted molar refractivity (Wildman–Crippen MR) is 67.7 cm³/mol. The molecule has 4 nitrogen and oxygen atoms in total. The predicted octanol–water partition coefficient (Wildman–Crippen LogP) is 1.30. The van der Waals surface area contributed by atoms with Gasteiger partial charge in [0.05, 0.1) is 19.8 Å². The lowest BCUT2D eigenvalue weighted by atomic mass is 10.2. The minimum Gasteiger partial charge on any atom is -0.394 e. The van der Waals surface area contributed by atoms with Crippen LogP contribution in [0.1, 0.15) is 19.4 Å². The number of pyridine rings is 1. The zero-order chi connectivity index (χ0) is 12.5. The summed E-state index contributed by atoms with van der Waals surface area (Å²) in [6.45, 7) is 7.29. The van der Waals surface area contributed by atoms with Gasteiger partial charge in [-0.2, -0.15) is 0 Å². The van der Waals surface area contributed by atoms with E-state index in [2.05, 4.69) is 23.7 Å². The Balaban J connectivity index is 2.38. The lowest BCUT2D eigenvalue weighted by Gasteiger charge is -2.26. The molecule has 0 saturated carbocycles. The van der Waals surface area contributed by atoms with Crippen molar-refractivity contribution in [3.8, 4) is 0 Å². The maximum absolute atomic E-state index is 8.63. The third-order valence-electron chi connectivity index (χ3n) is 2.62. The molecule has 1 rings (SSSR count). The van der Waals surface area contributed by atoms with Gasteiger partial charge in [-0.15, -0.1) is 0 Å². The van der Waals surface area contributed by atoms with Crippen LogP contribution in [0.25, 0.3) is 0 Å². The molecule has 0 bridgehead atoms. The maximum Gasteiger partial charge on any atom is 0.0698 e. The quantitative estimate of drug-likeness (QED) is 0.693. The first-order chi connectivity index (χ1) is 8.24. The molecule has 0 aliphatic carbocycles. The van der Waals surface area contributed by atoms with E-state index in [1.54, 1.807) is 0 Å². The van der Waals surface area contributed by atoms with Gasteiger partial charge in [0.15, 0.2) is 0 Å². The van der Waals surface area contributed by atoms with E-state index in [9.17, 15) is 0 Å². The fourth-order valence-electron chi connectivity index (χ4n) is 1.59. The Morgan fingerprint density at radius 1 is 1.29 bits per heavy atom. The number of nitrogens with zero attached hydrogens (tertiary/aromatic N) is 2. The van der Waals surface area contributed by atoms with Gasteiger partial charge in [-0.25, -0.2) is 0 Å². The highest BCUT2D eigenvalue weighted by atomic mass is 16.5. The van der Waals surface area contributed by atoms with Crippen LogP contribution < -0.4 is 0 Å². The van der Waals surface area contributed by atoms with E-state index in [1.807, 2.05) is 24.5 Å². The van der Waals surface area contributed by atoms with Gasteiger partial charge >= 0.3 is 0 Å². The lowest BCUT2D eigenvalue weighted by molar-refractivity contribution is 0.0647. The van der Waals surface area contributed by atoms with Crippen LogP contribution in [0, 0.1) is 0 Å². The van der Waals surface area contributed by atoms with Crippen molar-refractivity contribution in [2.24, 2.45) is 0 Å². The Morgan fingerprint density at radius 3 is 2.59 bits per heavy atom. The van der Waals surface area contributed by atoms with Crippen LogP contribution >= 0.6 is 0 Å². The van der Waals surface area contributed by atoms with Crippen molar-refractivity contribution in [3.63, 3.8) is 0 Å². The highest BCUT2D eigenvalue weighted by Crippen LogP contribution is 2.06. The van der Waals surface area contributed by atoms with E-state index in [0.717, 1.165) is 13.1 Å². The summed E-state index contributed by atoms with van der Waals surface area (Å²) >= 11 is 0. The molecule has 0 unspecified atom stereocenters. The molecule has 0 atom stereocenters. The van der Waals surface area contributed by atoms with Crippen LogP contribution in [0.2, 0.25) is 0 Å². The second-order valence-electron chi connectivity index (χ2n) is 4.26. The number of hydrogen-bond acceptors (Lipinski definition) is 4. The Hall–Kier alpha value is -0.970. The first kappa shape index (κ1) is 14.1.